The van der Waals surface area contributed by atoms with E-state index in [1.165, 1.54) is 77.0 Å². The minimum atomic E-state index is -0.417. The first kappa shape index (κ1) is 56.6. The predicted molar refractivity (Wildman–Crippen MR) is 255 cm³/mol. The molecular weight excluding hydrogens is 763 g/mol. The lowest BCUT2D eigenvalue weighted by Crippen LogP contribution is -2.34. The summed E-state index contributed by atoms with van der Waals surface area (Å²) in [6, 6.07) is 1.76. The molecule has 2 unspecified atom stereocenters. The fraction of sp³-hybridized carbons (Fsp3) is 0.865. The Morgan fingerprint density at radius 3 is 1.51 bits per heavy atom. The van der Waals surface area contributed by atoms with Gasteiger partial charge in [0, 0.05) is 38.3 Å². The van der Waals surface area contributed by atoms with E-state index in [9.17, 15) is 19.5 Å². The largest absolute Gasteiger partial charge is 0.462 e. The third-order valence-electron chi connectivity index (χ3n) is 12.2. The zero-order valence-electron chi connectivity index (χ0n) is 40.3. The van der Waals surface area contributed by atoms with Gasteiger partial charge in [-0.2, -0.15) is 0 Å². The van der Waals surface area contributed by atoms with Gasteiger partial charge in [-0.25, -0.2) is 0 Å². The second-order valence-corrected chi connectivity index (χ2v) is 18.1. The number of H-pyrrole nitrogens is 1. The Morgan fingerprint density at radius 1 is 0.557 bits per heavy atom. The smallest absolute Gasteiger partial charge is 0.306 e. The van der Waals surface area contributed by atoms with Gasteiger partial charge in [0.15, 0.2) is 0 Å². The maximum atomic E-state index is 12.9. The van der Waals surface area contributed by atoms with Crippen LogP contribution in [0.2, 0.25) is 0 Å². The molecule has 0 fully saturated rings. The van der Waals surface area contributed by atoms with Crippen molar-refractivity contribution in [3.05, 3.63) is 24.0 Å². The van der Waals surface area contributed by atoms with E-state index in [-0.39, 0.29) is 30.1 Å². The van der Waals surface area contributed by atoms with Crippen LogP contribution in [-0.2, 0) is 19.1 Å². The number of carbonyl (C=O) groups excluding carboxylic acids is 3. The number of nitrogens with one attached hydrogen (secondary N) is 2. The first-order valence-corrected chi connectivity index (χ1v) is 26.0. The lowest BCUT2D eigenvalue weighted by molar-refractivity contribution is -0.151. The number of aromatic nitrogens is 1. The molecule has 0 bridgehead atoms. The number of amides is 1. The normalized spacial score (nSPS) is 12.6. The van der Waals surface area contributed by atoms with Gasteiger partial charge in [-0.3, -0.25) is 14.4 Å². The molecule has 0 aromatic carbocycles. The van der Waals surface area contributed by atoms with Crippen molar-refractivity contribution in [1.29, 1.82) is 0 Å². The summed E-state index contributed by atoms with van der Waals surface area (Å²) in [5, 5.41) is 14.0. The van der Waals surface area contributed by atoms with E-state index in [2.05, 4.69) is 42.9 Å². The molecule has 0 spiro atoms. The van der Waals surface area contributed by atoms with E-state index in [1.807, 2.05) is 0 Å². The number of esters is 2. The third kappa shape index (κ3) is 34.7. The predicted octanol–water partition coefficient (Wildman–Crippen LogP) is 13.6. The highest BCUT2D eigenvalue weighted by Gasteiger charge is 2.17. The molecule has 356 valence electrons. The summed E-state index contributed by atoms with van der Waals surface area (Å²) in [5.41, 5.74) is 0.634. The highest BCUT2D eigenvalue weighted by atomic mass is 16.5. The topological polar surface area (TPSA) is 121 Å². The van der Waals surface area contributed by atoms with E-state index >= 15 is 0 Å². The molecular formula is C52H97N3O6. The molecule has 61 heavy (non-hydrogen) atoms. The van der Waals surface area contributed by atoms with Crippen LogP contribution < -0.4 is 5.32 Å². The van der Waals surface area contributed by atoms with Crippen LogP contribution in [0.4, 0.5) is 0 Å². The number of ether oxygens (including phenoxy) is 2. The van der Waals surface area contributed by atoms with Crippen molar-refractivity contribution >= 4 is 17.8 Å². The number of carbonyl (C=O) groups is 3. The van der Waals surface area contributed by atoms with Crippen LogP contribution in [0.15, 0.2) is 18.5 Å². The first-order chi connectivity index (χ1) is 29.8. The molecule has 1 aromatic rings. The Hall–Kier alpha value is -2.39. The maximum absolute atomic E-state index is 12.9. The summed E-state index contributed by atoms with van der Waals surface area (Å²) in [6.45, 7) is 12.0. The molecule has 1 rings (SSSR count). The Balaban J connectivity index is 2.49. The van der Waals surface area contributed by atoms with Crippen LogP contribution >= 0.6 is 0 Å². The van der Waals surface area contributed by atoms with Crippen LogP contribution in [0.3, 0.4) is 0 Å². The minimum absolute atomic E-state index is 0.0123. The summed E-state index contributed by atoms with van der Waals surface area (Å²) in [5.74, 6) is -0.138. The van der Waals surface area contributed by atoms with Crippen LogP contribution in [0.1, 0.15) is 256 Å². The molecule has 0 saturated carbocycles. The lowest BCUT2D eigenvalue weighted by atomic mass is 10.0. The molecule has 0 radical (unpaired) electrons. The second-order valence-electron chi connectivity index (χ2n) is 18.1. The van der Waals surface area contributed by atoms with Crippen LogP contribution in [-0.4, -0.2) is 77.3 Å². The van der Waals surface area contributed by atoms with Crippen LogP contribution in [0, 0.1) is 0 Å². The number of nitrogens with zero attached hydrogens (tertiary/aromatic N) is 1. The quantitative estimate of drug-likeness (QED) is 0.0441. The van der Waals surface area contributed by atoms with E-state index in [4.69, 9.17) is 9.47 Å². The van der Waals surface area contributed by atoms with Gasteiger partial charge in [0.1, 0.15) is 12.2 Å². The lowest BCUT2D eigenvalue weighted by Gasteiger charge is -2.25. The van der Waals surface area contributed by atoms with E-state index in [0.717, 1.165) is 135 Å². The monoisotopic (exact) mass is 860 g/mol. The minimum Gasteiger partial charge on any atom is -0.462 e. The summed E-state index contributed by atoms with van der Waals surface area (Å²) in [7, 11) is 0. The van der Waals surface area contributed by atoms with Crippen molar-refractivity contribution < 1.29 is 29.0 Å². The Labute approximate surface area is 375 Å². The van der Waals surface area contributed by atoms with E-state index in [1.54, 1.807) is 18.5 Å². The van der Waals surface area contributed by atoms with E-state index in [0.29, 0.717) is 37.9 Å². The maximum Gasteiger partial charge on any atom is 0.306 e. The van der Waals surface area contributed by atoms with Crippen molar-refractivity contribution in [1.82, 2.24) is 15.2 Å². The highest BCUT2D eigenvalue weighted by Crippen LogP contribution is 2.19. The number of hydrogen-bond acceptors (Lipinski definition) is 7. The fourth-order valence-corrected chi connectivity index (χ4v) is 8.25. The van der Waals surface area contributed by atoms with Gasteiger partial charge < -0.3 is 29.8 Å². The Kier molecular flexibility index (Phi) is 38.6. The molecule has 1 heterocycles. The second kappa shape index (κ2) is 41.6. The molecule has 0 aliphatic carbocycles. The van der Waals surface area contributed by atoms with E-state index < -0.39 is 6.10 Å². The molecule has 1 amide bonds. The third-order valence-corrected chi connectivity index (χ3v) is 12.2. The molecule has 9 heteroatoms. The molecule has 1 aromatic heterocycles. The van der Waals surface area contributed by atoms with Crippen molar-refractivity contribution in [2.24, 2.45) is 0 Å². The van der Waals surface area contributed by atoms with Gasteiger partial charge in [-0.1, -0.05) is 143 Å². The molecule has 3 N–H and O–H groups in total. The molecule has 9 nitrogen and oxygen atoms in total. The number of aromatic amines is 1. The molecule has 0 aliphatic rings. The van der Waals surface area contributed by atoms with Gasteiger partial charge in [-0.15, -0.1) is 0 Å². The van der Waals surface area contributed by atoms with Crippen molar-refractivity contribution in [3.63, 3.8) is 0 Å². The average molecular weight is 860 g/mol. The van der Waals surface area contributed by atoms with Crippen LogP contribution in [0.5, 0.6) is 0 Å². The van der Waals surface area contributed by atoms with Crippen molar-refractivity contribution in [2.75, 3.05) is 26.2 Å². The van der Waals surface area contributed by atoms with Gasteiger partial charge in [-0.05, 0) is 109 Å². The average Bonchev–Trinajstić information content (AvgIpc) is 3.80. The first-order valence-electron chi connectivity index (χ1n) is 26.0. The van der Waals surface area contributed by atoms with Crippen molar-refractivity contribution in [2.45, 2.75) is 264 Å². The zero-order valence-corrected chi connectivity index (χ0v) is 40.3. The molecule has 0 saturated heterocycles. The number of aliphatic hydroxyl groups is 1. The SMILES string of the molecule is CCCCCCCCC(CCCCCCCC)OC(=O)CCCCCCCN(CCCCCC(=O)OC(CCCC)CCCCC)CC(O)CCCCNC(=O)c1cc[nH]c1. The van der Waals surface area contributed by atoms with Crippen molar-refractivity contribution in [3.8, 4) is 0 Å². The fourth-order valence-electron chi connectivity index (χ4n) is 8.25. The number of aliphatic hydroxyl groups excluding tert-OH is 1. The van der Waals surface area contributed by atoms with Gasteiger partial charge >= 0.3 is 11.9 Å². The molecule has 0 aliphatic heterocycles. The highest BCUT2D eigenvalue weighted by molar-refractivity contribution is 5.93. The summed E-state index contributed by atoms with van der Waals surface area (Å²) in [6.07, 6.45) is 39.4. The Morgan fingerprint density at radius 2 is 0.984 bits per heavy atom. The van der Waals surface area contributed by atoms with Gasteiger partial charge in [0.25, 0.3) is 5.91 Å². The number of hydrogen-bond donors (Lipinski definition) is 3. The summed E-state index contributed by atoms with van der Waals surface area (Å²) in [4.78, 5) is 43.1. The number of unbranched alkanes of at least 4 members (excludes halogenated alkanes) is 20. The number of rotatable bonds is 45. The van der Waals surface area contributed by atoms with Gasteiger partial charge in [0.05, 0.1) is 11.7 Å². The van der Waals surface area contributed by atoms with Gasteiger partial charge in [0.2, 0.25) is 0 Å². The zero-order chi connectivity index (χ0) is 44.4. The van der Waals surface area contributed by atoms with Crippen LogP contribution in [0.25, 0.3) is 0 Å². The Bertz CT molecular complexity index is 1110. The summed E-state index contributed by atoms with van der Waals surface area (Å²) < 4.78 is 12.0. The standard InChI is InChI=1S/C52H97N3O6/c1-5-9-13-15-18-24-35-49(36-25-19-16-14-10-6-2)61-50(57)37-26-20-17-21-30-42-55(45-47(56)32-28-29-40-54-52(59)46-39-41-53-44-46)43-31-22-27-38-51(58)60-48(33-12-8-4)34-23-11-7-3/h39,41,44,47-49,53,56H,5-38,40,42-43,45H2,1-4H3,(H,54,59). The molecule has 2 atom stereocenters. The summed E-state index contributed by atoms with van der Waals surface area (Å²) >= 11 is 0.